The highest BCUT2D eigenvalue weighted by atomic mass is 35.5. The van der Waals surface area contributed by atoms with E-state index in [9.17, 15) is 4.39 Å². The van der Waals surface area contributed by atoms with E-state index in [4.69, 9.17) is 28.2 Å². The van der Waals surface area contributed by atoms with Gasteiger partial charge >= 0.3 is 0 Å². The molecule has 0 N–H and O–H groups in total. The van der Waals surface area contributed by atoms with E-state index in [1.807, 2.05) is 24.4 Å². The van der Waals surface area contributed by atoms with Gasteiger partial charge in [-0.15, -0.1) is 0 Å². The zero-order valence-electron chi connectivity index (χ0n) is 20.4. The normalized spacial score (nSPS) is 16.2. The van der Waals surface area contributed by atoms with Gasteiger partial charge in [-0.25, -0.2) is 9.37 Å². The number of unbranched alkanes of at least 4 members (excludes halogenated alkanes) is 1. The molecule has 1 unspecified atom stereocenters. The summed E-state index contributed by atoms with van der Waals surface area (Å²) >= 11 is 13.1. The molecule has 2 aromatic carbocycles. The molecule has 0 saturated carbocycles. The van der Waals surface area contributed by atoms with Gasteiger partial charge in [-0.1, -0.05) is 92.0 Å². The standard InChI is InChI=1S/C29H32Cl2FN3/c1-3-4-15-35-25(17-33-29(35)23-11-8-12-24(32)16-23)19-34(18-22-9-6-5-7-10-22)20-26-21(2)13-14-27(30)28(26)31/h5-12,14,16-17,21H,3-4,13,15,18-20H2,1-2H3. The van der Waals surface area contributed by atoms with Crippen LogP contribution in [-0.4, -0.2) is 21.0 Å². The summed E-state index contributed by atoms with van der Waals surface area (Å²) in [5.74, 6) is 0.885. The number of halogens is 3. The van der Waals surface area contributed by atoms with Gasteiger partial charge in [0.25, 0.3) is 0 Å². The molecule has 0 radical (unpaired) electrons. The van der Waals surface area contributed by atoms with Gasteiger partial charge in [0, 0.05) is 31.7 Å². The minimum Gasteiger partial charge on any atom is -0.327 e. The summed E-state index contributed by atoms with van der Waals surface area (Å²) in [5, 5.41) is 1.31. The number of imidazole rings is 1. The van der Waals surface area contributed by atoms with Gasteiger partial charge in [-0.3, -0.25) is 4.90 Å². The number of hydrogen-bond acceptors (Lipinski definition) is 2. The summed E-state index contributed by atoms with van der Waals surface area (Å²) in [5.41, 5.74) is 4.31. The molecule has 0 amide bonds. The lowest BCUT2D eigenvalue weighted by Crippen LogP contribution is -2.29. The van der Waals surface area contributed by atoms with E-state index in [2.05, 4.69) is 47.6 Å². The third kappa shape index (κ3) is 6.43. The van der Waals surface area contributed by atoms with Crippen LogP contribution in [0.5, 0.6) is 0 Å². The molecule has 1 heterocycles. The number of hydrogen-bond donors (Lipinski definition) is 0. The summed E-state index contributed by atoms with van der Waals surface area (Å²) in [6.07, 6.45) is 6.92. The Morgan fingerprint density at radius 1 is 1.06 bits per heavy atom. The SMILES string of the molecule is CCCCn1c(CN(CC2=C(Cl)C(Cl)=CCC2C)Cc2ccccc2)cnc1-c1cccc(F)c1. The van der Waals surface area contributed by atoms with E-state index in [1.165, 1.54) is 17.2 Å². The number of nitrogens with zero attached hydrogens (tertiary/aromatic N) is 3. The van der Waals surface area contributed by atoms with Gasteiger partial charge in [0.05, 0.1) is 22.0 Å². The van der Waals surface area contributed by atoms with Crippen molar-refractivity contribution in [3.05, 3.63) is 99.6 Å². The molecule has 184 valence electrons. The maximum absolute atomic E-state index is 14.0. The van der Waals surface area contributed by atoms with Crippen molar-refractivity contribution < 1.29 is 4.39 Å². The predicted molar refractivity (Wildman–Crippen MR) is 144 cm³/mol. The molecule has 6 heteroatoms. The Bertz CT molecular complexity index is 1200. The van der Waals surface area contributed by atoms with Crippen LogP contribution in [-0.2, 0) is 19.6 Å². The second-order valence-corrected chi connectivity index (χ2v) is 10.0. The van der Waals surface area contributed by atoms with Crippen LogP contribution in [0.2, 0.25) is 0 Å². The van der Waals surface area contributed by atoms with Crippen LogP contribution in [0.1, 0.15) is 44.4 Å². The number of benzene rings is 2. The Morgan fingerprint density at radius 3 is 2.60 bits per heavy atom. The van der Waals surface area contributed by atoms with Crippen molar-refractivity contribution in [2.45, 2.75) is 52.7 Å². The lowest BCUT2D eigenvalue weighted by atomic mass is 9.92. The first-order chi connectivity index (χ1) is 17.0. The lowest BCUT2D eigenvalue weighted by molar-refractivity contribution is 0.263. The fourth-order valence-electron chi connectivity index (χ4n) is 4.55. The average Bonchev–Trinajstić information content (AvgIpc) is 3.25. The van der Waals surface area contributed by atoms with Gasteiger partial charge in [0.1, 0.15) is 11.6 Å². The molecule has 3 aromatic rings. The van der Waals surface area contributed by atoms with Gasteiger partial charge in [-0.05, 0) is 42.0 Å². The highest BCUT2D eigenvalue weighted by molar-refractivity contribution is 6.44. The molecule has 0 aliphatic heterocycles. The smallest absolute Gasteiger partial charge is 0.140 e. The Kier molecular flexibility index (Phi) is 8.83. The summed E-state index contributed by atoms with van der Waals surface area (Å²) in [4.78, 5) is 7.13. The molecule has 0 fully saturated rings. The van der Waals surface area contributed by atoms with Crippen LogP contribution in [0, 0.1) is 11.7 Å². The fraction of sp³-hybridized carbons (Fsp3) is 0.345. The molecule has 1 aromatic heterocycles. The maximum atomic E-state index is 14.0. The summed E-state index contributed by atoms with van der Waals surface area (Å²) in [7, 11) is 0. The third-order valence-electron chi connectivity index (χ3n) is 6.52. The van der Waals surface area contributed by atoms with Gasteiger partial charge in [0.15, 0.2) is 0 Å². The average molecular weight is 513 g/mol. The molecule has 1 aliphatic carbocycles. The first-order valence-corrected chi connectivity index (χ1v) is 13.0. The van der Waals surface area contributed by atoms with Crippen LogP contribution in [0.3, 0.4) is 0 Å². The Labute approximate surface area is 217 Å². The fourth-order valence-corrected chi connectivity index (χ4v) is 5.08. The van der Waals surface area contributed by atoms with Gasteiger partial charge < -0.3 is 4.57 Å². The Morgan fingerprint density at radius 2 is 1.86 bits per heavy atom. The predicted octanol–water partition coefficient (Wildman–Crippen LogP) is 8.15. The molecule has 4 rings (SSSR count). The van der Waals surface area contributed by atoms with Crippen molar-refractivity contribution >= 4 is 23.2 Å². The highest BCUT2D eigenvalue weighted by Gasteiger charge is 2.23. The number of rotatable bonds is 10. The van der Waals surface area contributed by atoms with E-state index in [-0.39, 0.29) is 5.82 Å². The largest absolute Gasteiger partial charge is 0.327 e. The molecule has 1 atom stereocenters. The van der Waals surface area contributed by atoms with Crippen molar-refractivity contribution in [3.63, 3.8) is 0 Å². The van der Waals surface area contributed by atoms with Crippen molar-refractivity contribution in [1.82, 2.24) is 14.5 Å². The van der Waals surface area contributed by atoms with Crippen LogP contribution in [0.15, 0.2) is 82.5 Å². The van der Waals surface area contributed by atoms with Crippen molar-refractivity contribution in [2.75, 3.05) is 6.54 Å². The molecule has 0 bridgehead atoms. The number of aromatic nitrogens is 2. The zero-order chi connectivity index (χ0) is 24.8. The molecular formula is C29H32Cl2FN3. The second-order valence-electron chi connectivity index (χ2n) is 9.25. The van der Waals surface area contributed by atoms with Crippen LogP contribution in [0.25, 0.3) is 11.4 Å². The van der Waals surface area contributed by atoms with E-state index in [0.717, 1.165) is 49.4 Å². The summed E-state index contributed by atoms with van der Waals surface area (Å²) in [6.45, 7) is 7.40. The lowest BCUT2D eigenvalue weighted by Gasteiger charge is -2.29. The molecule has 3 nitrogen and oxygen atoms in total. The minimum atomic E-state index is -0.252. The molecule has 0 saturated heterocycles. The monoisotopic (exact) mass is 511 g/mol. The first-order valence-electron chi connectivity index (χ1n) is 12.3. The van der Waals surface area contributed by atoms with Crippen molar-refractivity contribution in [1.29, 1.82) is 0 Å². The van der Waals surface area contributed by atoms with E-state index < -0.39 is 0 Å². The summed E-state index contributed by atoms with van der Waals surface area (Å²) < 4.78 is 16.2. The number of allylic oxidation sites excluding steroid dienone is 3. The van der Waals surface area contributed by atoms with E-state index >= 15 is 0 Å². The summed E-state index contributed by atoms with van der Waals surface area (Å²) in [6, 6.07) is 17.1. The highest BCUT2D eigenvalue weighted by Crippen LogP contribution is 2.35. The Balaban J connectivity index is 1.68. The quantitative estimate of drug-likeness (QED) is 0.273. The van der Waals surface area contributed by atoms with E-state index in [1.54, 1.807) is 12.1 Å². The van der Waals surface area contributed by atoms with Crippen molar-refractivity contribution in [3.8, 4) is 11.4 Å². The first kappa shape index (κ1) is 25.7. The molecule has 1 aliphatic rings. The van der Waals surface area contributed by atoms with Crippen LogP contribution < -0.4 is 0 Å². The topological polar surface area (TPSA) is 21.1 Å². The maximum Gasteiger partial charge on any atom is 0.140 e. The van der Waals surface area contributed by atoms with Crippen LogP contribution in [0.4, 0.5) is 4.39 Å². The molecular weight excluding hydrogens is 480 g/mol. The second kappa shape index (κ2) is 12.0. The molecule has 35 heavy (non-hydrogen) atoms. The Hall–Kier alpha value is -2.40. The van der Waals surface area contributed by atoms with Gasteiger partial charge in [-0.2, -0.15) is 0 Å². The molecule has 0 spiro atoms. The van der Waals surface area contributed by atoms with E-state index in [0.29, 0.717) is 29.1 Å². The van der Waals surface area contributed by atoms with Crippen LogP contribution >= 0.6 is 23.2 Å². The zero-order valence-corrected chi connectivity index (χ0v) is 21.9. The van der Waals surface area contributed by atoms with Gasteiger partial charge in [0.2, 0.25) is 0 Å². The minimum absolute atomic E-state index is 0.252. The third-order valence-corrected chi connectivity index (χ3v) is 7.41. The van der Waals surface area contributed by atoms with Crippen molar-refractivity contribution in [2.24, 2.45) is 5.92 Å².